The summed E-state index contributed by atoms with van der Waals surface area (Å²) >= 11 is 3.48. The fourth-order valence-corrected chi connectivity index (χ4v) is 5.54. The maximum atomic E-state index is 13.1. The summed E-state index contributed by atoms with van der Waals surface area (Å²) in [6, 6.07) is 2.59. The Labute approximate surface area is 195 Å². The largest absolute Gasteiger partial charge is 0.454 e. The highest BCUT2D eigenvalue weighted by Gasteiger charge is 2.61. The number of esters is 1. The van der Waals surface area contributed by atoms with Crippen LogP contribution in [0.15, 0.2) is 28.8 Å². The molecular weight excluding hydrogens is 476 g/mol. The van der Waals surface area contributed by atoms with E-state index in [0.29, 0.717) is 5.69 Å². The third-order valence-electron chi connectivity index (χ3n) is 6.72. The summed E-state index contributed by atoms with van der Waals surface area (Å²) in [5.41, 5.74) is 2.54. The first kappa shape index (κ1) is 22.7. The maximum absolute atomic E-state index is 13.1. The van der Waals surface area contributed by atoms with Gasteiger partial charge in [-0.2, -0.15) is 0 Å². The van der Waals surface area contributed by atoms with E-state index in [-0.39, 0.29) is 41.4 Å². The van der Waals surface area contributed by atoms with Crippen molar-refractivity contribution < 1.29 is 23.9 Å². The summed E-state index contributed by atoms with van der Waals surface area (Å²) in [4.78, 5) is 52.5. The minimum Gasteiger partial charge on any atom is -0.454 e. The molecule has 4 rings (SSSR count). The lowest BCUT2D eigenvalue weighted by Gasteiger charge is -2.28. The monoisotopic (exact) mass is 502 g/mol. The van der Waals surface area contributed by atoms with Gasteiger partial charge < -0.3 is 10.1 Å². The summed E-state index contributed by atoms with van der Waals surface area (Å²) in [5.74, 6) is -2.76. The van der Waals surface area contributed by atoms with Crippen LogP contribution < -0.4 is 5.32 Å². The predicted octanol–water partition coefficient (Wildman–Crippen LogP) is 3.38. The summed E-state index contributed by atoms with van der Waals surface area (Å²) in [6.45, 7) is 6.87. The second kappa shape index (κ2) is 8.46. The van der Waals surface area contributed by atoms with Crippen LogP contribution in [0, 0.1) is 43.4 Å². The number of nitrogens with zero attached hydrogens (tertiary/aromatic N) is 1. The normalized spacial score (nSPS) is 26.6. The van der Waals surface area contributed by atoms with E-state index >= 15 is 0 Å². The third-order valence-corrected chi connectivity index (χ3v) is 7.97. The van der Waals surface area contributed by atoms with Crippen LogP contribution in [0.2, 0.25) is 0 Å². The van der Waals surface area contributed by atoms with Crippen LogP contribution in [0.5, 0.6) is 0 Å². The van der Waals surface area contributed by atoms with Crippen LogP contribution in [0.25, 0.3) is 0 Å². The van der Waals surface area contributed by atoms with Gasteiger partial charge in [0.25, 0.3) is 5.91 Å². The van der Waals surface area contributed by atoms with Gasteiger partial charge in [0.1, 0.15) is 6.04 Å². The molecule has 5 atom stereocenters. The number of hydrogen-bond acceptors (Lipinski definition) is 5. The molecule has 32 heavy (non-hydrogen) atoms. The van der Waals surface area contributed by atoms with E-state index in [2.05, 4.69) is 21.2 Å². The number of halogens is 1. The number of amides is 3. The van der Waals surface area contributed by atoms with E-state index in [0.717, 1.165) is 26.9 Å². The fraction of sp³-hybridized carbons (Fsp3) is 0.500. The van der Waals surface area contributed by atoms with E-state index in [1.165, 1.54) is 0 Å². The molecule has 1 aromatic rings. The highest BCUT2D eigenvalue weighted by atomic mass is 79.9. The number of carbonyl (C=O) groups is 4. The zero-order valence-electron chi connectivity index (χ0n) is 18.6. The number of hydrogen-bond donors (Lipinski definition) is 1. The maximum Gasteiger partial charge on any atom is 0.330 e. The molecule has 0 aromatic heterocycles. The van der Waals surface area contributed by atoms with Crippen LogP contribution >= 0.6 is 15.9 Å². The summed E-state index contributed by atoms with van der Waals surface area (Å²) in [7, 11) is 0. The van der Waals surface area contributed by atoms with Gasteiger partial charge in [0.2, 0.25) is 11.8 Å². The number of rotatable bonds is 6. The van der Waals surface area contributed by atoms with Gasteiger partial charge in [-0.05, 0) is 61.3 Å². The number of nitrogens with one attached hydrogen (secondary N) is 1. The van der Waals surface area contributed by atoms with Crippen LogP contribution in [0.1, 0.15) is 31.4 Å². The van der Waals surface area contributed by atoms with E-state index in [1.807, 2.05) is 38.1 Å². The number of ether oxygens (including phenoxy) is 1. The first-order valence-corrected chi connectivity index (χ1v) is 11.7. The van der Waals surface area contributed by atoms with Crippen molar-refractivity contribution in [1.82, 2.24) is 4.90 Å². The SMILES string of the molecule is Cc1cc(NC(=O)COC(=O)[C@H](C(C)C)N2C(=O)[C@@H]3[C@H](C2=O)[C@H]2C=C[C@H]3C2)cc(C)c1Br. The Bertz CT molecular complexity index is 980. The first-order chi connectivity index (χ1) is 15.1. The lowest BCUT2D eigenvalue weighted by atomic mass is 9.85. The minimum absolute atomic E-state index is 0.0684. The highest BCUT2D eigenvalue weighted by molar-refractivity contribution is 9.10. The minimum atomic E-state index is -1.04. The molecule has 3 amide bonds. The van der Waals surface area contributed by atoms with Gasteiger partial charge in [-0.1, -0.05) is 41.9 Å². The van der Waals surface area contributed by atoms with Crippen molar-refractivity contribution >= 4 is 45.3 Å². The number of aryl methyl sites for hydroxylation is 2. The Hall–Kier alpha value is -2.48. The third kappa shape index (κ3) is 3.78. The van der Waals surface area contributed by atoms with Gasteiger partial charge in [-0.25, -0.2) is 4.79 Å². The molecule has 0 unspecified atom stereocenters. The quantitative estimate of drug-likeness (QED) is 0.365. The van der Waals surface area contributed by atoms with Crippen molar-refractivity contribution in [2.75, 3.05) is 11.9 Å². The van der Waals surface area contributed by atoms with Crippen molar-refractivity contribution in [3.8, 4) is 0 Å². The average molecular weight is 503 g/mol. The van der Waals surface area contributed by atoms with Crippen molar-refractivity contribution in [1.29, 1.82) is 0 Å². The van der Waals surface area contributed by atoms with Gasteiger partial charge in [0, 0.05) is 10.2 Å². The summed E-state index contributed by atoms with van der Waals surface area (Å²) in [5, 5.41) is 2.72. The number of likely N-dealkylation sites (tertiary alicyclic amines) is 1. The molecular formula is C24H27BrN2O5. The van der Waals surface area contributed by atoms with E-state index in [4.69, 9.17) is 4.74 Å². The smallest absolute Gasteiger partial charge is 0.330 e. The number of benzene rings is 1. The average Bonchev–Trinajstić information content (AvgIpc) is 3.40. The standard InChI is InChI=1S/C24H27BrN2O5/c1-11(2)21(27-22(29)18-14-5-6-15(9-14)19(18)23(27)30)24(31)32-10-17(28)26-16-7-12(3)20(25)13(4)8-16/h5-8,11,14-15,18-19,21H,9-10H2,1-4H3,(H,26,28)/t14-,15-,18-,19+,21-/m0/s1. The number of imide groups is 1. The van der Waals surface area contributed by atoms with E-state index in [1.54, 1.807) is 13.8 Å². The van der Waals surface area contributed by atoms with Crippen LogP contribution in [-0.2, 0) is 23.9 Å². The van der Waals surface area contributed by atoms with Crippen LogP contribution in [0.3, 0.4) is 0 Å². The summed E-state index contributed by atoms with van der Waals surface area (Å²) < 4.78 is 6.23. The van der Waals surface area contributed by atoms with E-state index in [9.17, 15) is 19.2 Å². The molecule has 1 N–H and O–H groups in total. The van der Waals surface area contributed by atoms with Crippen molar-refractivity contribution in [2.24, 2.45) is 29.6 Å². The zero-order chi connectivity index (χ0) is 23.3. The molecule has 1 saturated carbocycles. The Morgan fingerprint density at radius 1 is 1.09 bits per heavy atom. The molecule has 7 nitrogen and oxygen atoms in total. The molecule has 170 valence electrons. The zero-order valence-corrected chi connectivity index (χ0v) is 20.1. The van der Waals surface area contributed by atoms with Crippen molar-refractivity contribution in [3.63, 3.8) is 0 Å². The molecule has 2 fully saturated rings. The second-order valence-electron chi connectivity index (χ2n) is 9.32. The Balaban J connectivity index is 1.42. The van der Waals surface area contributed by atoms with Gasteiger partial charge >= 0.3 is 5.97 Å². The molecule has 1 saturated heterocycles. The molecule has 3 aliphatic rings. The Morgan fingerprint density at radius 2 is 1.62 bits per heavy atom. The highest BCUT2D eigenvalue weighted by Crippen LogP contribution is 2.53. The first-order valence-electron chi connectivity index (χ1n) is 10.9. The molecule has 1 aromatic carbocycles. The van der Waals surface area contributed by atoms with Crippen molar-refractivity contribution in [3.05, 3.63) is 39.9 Å². The molecule has 2 aliphatic carbocycles. The number of allylic oxidation sites excluding steroid dienone is 2. The van der Waals surface area contributed by atoms with Crippen molar-refractivity contribution in [2.45, 2.75) is 40.2 Å². The Kier molecular flexibility index (Phi) is 6.00. The summed E-state index contributed by atoms with van der Waals surface area (Å²) in [6.07, 6.45) is 4.85. The second-order valence-corrected chi connectivity index (χ2v) is 10.1. The van der Waals surface area contributed by atoms with Gasteiger partial charge in [-0.3, -0.25) is 19.3 Å². The number of anilines is 1. The predicted molar refractivity (Wildman–Crippen MR) is 121 cm³/mol. The van der Waals surface area contributed by atoms with Gasteiger partial charge in [0.05, 0.1) is 11.8 Å². The van der Waals surface area contributed by atoms with E-state index < -0.39 is 24.5 Å². The molecule has 0 radical (unpaired) electrons. The van der Waals surface area contributed by atoms with Crippen LogP contribution in [-0.4, -0.2) is 41.2 Å². The lowest BCUT2D eigenvalue weighted by Crippen LogP contribution is -2.50. The molecule has 8 heteroatoms. The fourth-order valence-electron chi connectivity index (χ4n) is 5.31. The lowest BCUT2D eigenvalue weighted by molar-refractivity contribution is -0.162. The number of carbonyl (C=O) groups excluding carboxylic acids is 4. The van der Waals surface area contributed by atoms with Gasteiger partial charge in [-0.15, -0.1) is 0 Å². The molecule has 1 aliphatic heterocycles. The van der Waals surface area contributed by atoms with Crippen LogP contribution in [0.4, 0.5) is 5.69 Å². The molecule has 1 heterocycles. The molecule has 0 spiro atoms. The number of fused-ring (bicyclic) bond motifs is 5. The van der Waals surface area contributed by atoms with Gasteiger partial charge in [0.15, 0.2) is 6.61 Å². The Morgan fingerprint density at radius 3 is 2.12 bits per heavy atom. The topological polar surface area (TPSA) is 92.8 Å². The molecule has 2 bridgehead atoms.